The molecule has 1 amide bonds. The van der Waals surface area contributed by atoms with Gasteiger partial charge in [0.15, 0.2) is 18.1 Å². The van der Waals surface area contributed by atoms with E-state index >= 15 is 0 Å². The highest BCUT2D eigenvalue weighted by atomic mass is 16.5. The molecule has 1 aliphatic carbocycles. The lowest BCUT2D eigenvalue weighted by Gasteiger charge is -2.17. The van der Waals surface area contributed by atoms with Gasteiger partial charge in [-0.2, -0.15) is 0 Å². The Hall–Kier alpha value is -1.97. The minimum absolute atomic E-state index is 0.0236. The van der Waals surface area contributed by atoms with Gasteiger partial charge in [-0.15, -0.1) is 0 Å². The Morgan fingerprint density at radius 1 is 1.22 bits per heavy atom. The summed E-state index contributed by atoms with van der Waals surface area (Å²) in [6.07, 6.45) is 11.1. The Kier molecular flexibility index (Phi) is 6.98. The van der Waals surface area contributed by atoms with Gasteiger partial charge in [0.25, 0.3) is 5.91 Å². The van der Waals surface area contributed by atoms with Crippen LogP contribution in [-0.2, 0) is 4.79 Å². The molecular weight excluding hydrogens is 290 g/mol. The highest BCUT2D eigenvalue weighted by Gasteiger charge is 2.15. The quantitative estimate of drug-likeness (QED) is 0.808. The minimum atomic E-state index is -0.0588. The molecule has 0 bridgehead atoms. The van der Waals surface area contributed by atoms with Crippen LogP contribution >= 0.6 is 0 Å². The molecule has 1 fully saturated rings. The SMILES string of the molecule is C/C=C/c1ccc(OCC(=O)NC2CCCCCC2)c(OC)c1. The second-order valence-electron chi connectivity index (χ2n) is 5.95. The third-order valence-corrected chi connectivity index (χ3v) is 4.13. The van der Waals surface area contributed by atoms with Crippen molar-refractivity contribution in [3.8, 4) is 11.5 Å². The van der Waals surface area contributed by atoms with Crippen LogP contribution in [0, 0.1) is 0 Å². The second kappa shape index (κ2) is 9.23. The fourth-order valence-electron chi connectivity index (χ4n) is 2.94. The van der Waals surface area contributed by atoms with Gasteiger partial charge in [-0.3, -0.25) is 4.79 Å². The molecule has 0 heterocycles. The Morgan fingerprint density at radius 3 is 2.61 bits per heavy atom. The van der Waals surface area contributed by atoms with Crippen molar-refractivity contribution < 1.29 is 14.3 Å². The van der Waals surface area contributed by atoms with Gasteiger partial charge >= 0.3 is 0 Å². The number of rotatable bonds is 6. The number of methoxy groups -OCH3 is 1. The summed E-state index contributed by atoms with van der Waals surface area (Å²) in [6.45, 7) is 1.99. The van der Waals surface area contributed by atoms with E-state index in [-0.39, 0.29) is 12.5 Å². The summed E-state index contributed by atoms with van der Waals surface area (Å²) >= 11 is 0. The standard InChI is InChI=1S/C19H27NO3/c1-3-8-15-11-12-17(18(13-15)22-2)23-14-19(21)20-16-9-6-4-5-7-10-16/h3,8,11-13,16H,4-7,9-10,14H2,1-2H3,(H,20,21)/b8-3+. The zero-order chi connectivity index (χ0) is 16.5. The van der Waals surface area contributed by atoms with Gasteiger partial charge in [-0.25, -0.2) is 0 Å². The summed E-state index contributed by atoms with van der Waals surface area (Å²) in [7, 11) is 1.60. The monoisotopic (exact) mass is 317 g/mol. The minimum Gasteiger partial charge on any atom is -0.493 e. The maximum atomic E-state index is 12.1. The number of carbonyl (C=O) groups excluding carboxylic acids is 1. The van der Waals surface area contributed by atoms with E-state index in [0.29, 0.717) is 17.5 Å². The van der Waals surface area contributed by atoms with E-state index in [1.54, 1.807) is 7.11 Å². The molecule has 1 N–H and O–H groups in total. The van der Waals surface area contributed by atoms with Crippen molar-refractivity contribution in [1.82, 2.24) is 5.32 Å². The molecule has 1 aliphatic rings. The zero-order valence-electron chi connectivity index (χ0n) is 14.1. The zero-order valence-corrected chi connectivity index (χ0v) is 14.1. The highest BCUT2D eigenvalue weighted by molar-refractivity contribution is 5.78. The van der Waals surface area contributed by atoms with Crippen LogP contribution in [0.25, 0.3) is 6.08 Å². The maximum absolute atomic E-state index is 12.1. The Bertz CT molecular complexity index is 531. The average Bonchev–Trinajstić information content (AvgIpc) is 2.82. The van der Waals surface area contributed by atoms with E-state index in [9.17, 15) is 4.79 Å². The van der Waals surface area contributed by atoms with Crippen LogP contribution < -0.4 is 14.8 Å². The molecule has 1 saturated carbocycles. The van der Waals surface area contributed by atoms with Crippen molar-refractivity contribution in [2.45, 2.75) is 51.5 Å². The highest BCUT2D eigenvalue weighted by Crippen LogP contribution is 2.28. The number of carbonyl (C=O) groups is 1. The largest absolute Gasteiger partial charge is 0.493 e. The van der Waals surface area contributed by atoms with E-state index in [4.69, 9.17) is 9.47 Å². The van der Waals surface area contributed by atoms with Crippen molar-refractivity contribution in [2.75, 3.05) is 13.7 Å². The van der Waals surface area contributed by atoms with Crippen molar-refractivity contribution in [1.29, 1.82) is 0 Å². The molecule has 4 heteroatoms. The van der Waals surface area contributed by atoms with Crippen molar-refractivity contribution in [3.05, 3.63) is 29.8 Å². The molecule has 0 aromatic heterocycles. The molecular formula is C19H27NO3. The molecule has 126 valence electrons. The predicted octanol–water partition coefficient (Wildman–Crippen LogP) is 3.95. The number of amides is 1. The molecule has 0 saturated heterocycles. The molecule has 0 spiro atoms. The van der Waals surface area contributed by atoms with E-state index in [1.807, 2.05) is 37.3 Å². The summed E-state index contributed by atoms with van der Waals surface area (Å²) in [5.41, 5.74) is 1.04. The van der Waals surface area contributed by atoms with Gasteiger partial charge < -0.3 is 14.8 Å². The van der Waals surface area contributed by atoms with E-state index < -0.39 is 0 Å². The fraction of sp³-hybridized carbons (Fsp3) is 0.526. The fourth-order valence-corrected chi connectivity index (χ4v) is 2.94. The number of hydrogen-bond acceptors (Lipinski definition) is 3. The summed E-state index contributed by atoms with van der Waals surface area (Å²) < 4.78 is 11.0. The first-order valence-corrected chi connectivity index (χ1v) is 8.46. The van der Waals surface area contributed by atoms with Crippen LogP contribution in [0.5, 0.6) is 11.5 Å². The summed E-state index contributed by atoms with van der Waals surface area (Å²) in [5, 5.41) is 3.08. The molecule has 23 heavy (non-hydrogen) atoms. The third kappa shape index (κ3) is 5.62. The van der Waals surface area contributed by atoms with Crippen LogP contribution in [0.3, 0.4) is 0 Å². The van der Waals surface area contributed by atoms with Crippen LogP contribution in [0.1, 0.15) is 51.0 Å². The normalized spacial score (nSPS) is 16.1. The maximum Gasteiger partial charge on any atom is 0.258 e. The van der Waals surface area contributed by atoms with Gasteiger partial charge in [0.1, 0.15) is 0 Å². The molecule has 0 radical (unpaired) electrons. The molecule has 0 aliphatic heterocycles. The first-order chi connectivity index (χ1) is 11.2. The number of hydrogen-bond donors (Lipinski definition) is 1. The van der Waals surface area contributed by atoms with Gasteiger partial charge in [-0.05, 0) is 37.5 Å². The number of ether oxygens (including phenoxy) is 2. The number of allylic oxidation sites excluding steroid dienone is 1. The lowest BCUT2D eigenvalue weighted by Crippen LogP contribution is -2.37. The molecule has 1 aromatic rings. The van der Waals surface area contributed by atoms with Crippen molar-refractivity contribution >= 4 is 12.0 Å². The first-order valence-electron chi connectivity index (χ1n) is 8.46. The van der Waals surface area contributed by atoms with Crippen LogP contribution in [-0.4, -0.2) is 25.7 Å². The van der Waals surface area contributed by atoms with Crippen molar-refractivity contribution in [3.63, 3.8) is 0 Å². The predicted molar refractivity (Wildman–Crippen MR) is 92.8 cm³/mol. The van der Waals surface area contributed by atoms with Crippen LogP contribution in [0.4, 0.5) is 0 Å². The summed E-state index contributed by atoms with van der Waals surface area (Å²) in [6, 6.07) is 5.99. The average molecular weight is 317 g/mol. The van der Waals surface area contributed by atoms with Crippen molar-refractivity contribution in [2.24, 2.45) is 0 Å². The lowest BCUT2D eigenvalue weighted by molar-refractivity contribution is -0.123. The van der Waals surface area contributed by atoms with E-state index in [1.165, 1.54) is 25.7 Å². The lowest BCUT2D eigenvalue weighted by atomic mass is 10.1. The number of nitrogens with one attached hydrogen (secondary N) is 1. The first kappa shape index (κ1) is 17.4. The van der Waals surface area contributed by atoms with Gasteiger partial charge in [0.05, 0.1) is 7.11 Å². The Morgan fingerprint density at radius 2 is 1.96 bits per heavy atom. The van der Waals surface area contributed by atoms with Gasteiger partial charge in [0.2, 0.25) is 0 Å². The topological polar surface area (TPSA) is 47.6 Å². The van der Waals surface area contributed by atoms with Crippen LogP contribution in [0.15, 0.2) is 24.3 Å². The Balaban J connectivity index is 1.88. The Labute approximate surface area is 138 Å². The molecule has 0 unspecified atom stereocenters. The van der Waals surface area contributed by atoms with Crippen LogP contribution in [0.2, 0.25) is 0 Å². The summed E-state index contributed by atoms with van der Waals surface area (Å²) in [5.74, 6) is 1.18. The van der Waals surface area contributed by atoms with E-state index in [2.05, 4.69) is 5.32 Å². The third-order valence-electron chi connectivity index (χ3n) is 4.13. The van der Waals surface area contributed by atoms with Gasteiger partial charge in [-0.1, -0.05) is 43.9 Å². The second-order valence-corrected chi connectivity index (χ2v) is 5.95. The van der Waals surface area contributed by atoms with Gasteiger partial charge in [0, 0.05) is 6.04 Å². The molecule has 2 rings (SSSR count). The molecule has 4 nitrogen and oxygen atoms in total. The number of benzene rings is 1. The molecule has 1 aromatic carbocycles. The molecule has 0 atom stereocenters. The van der Waals surface area contributed by atoms with E-state index in [0.717, 1.165) is 18.4 Å². The summed E-state index contributed by atoms with van der Waals surface area (Å²) in [4.78, 5) is 12.1. The smallest absolute Gasteiger partial charge is 0.258 e.